The summed E-state index contributed by atoms with van der Waals surface area (Å²) in [7, 11) is -1.60. The molecule has 102 valence electrons. The highest BCUT2D eigenvalue weighted by molar-refractivity contribution is 7.91. The van der Waals surface area contributed by atoms with Gasteiger partial charge in [0.2, 0.25) is 0 Å². The summed E-state index contributed by atoms with van der Waals surface area (Å²) in [6.07, 6.45) is 1.60. The predicted molar refractivity (Wildman–Crippen MR) is 73.7 cm³/mol. The minimum Gasteiger partial charge on any atom is -0.497 e. The fourth-order valence-corrected chi connectivity index (χ4v) is 3.00. The van der Waals surface area contributed by atoms with Crippen LogP contribution >= 0.6 is 0 Å². The molecule has 0 saturated carbocycles. The van der Waals surface area contributed by atoms with E-state index in [0.29, 0.717) is 17.1 Å². The van der Waals surface area contributed by atoms with Gasteiger partial charge in [-0.2, -0.15) is 0 Å². The smallest absolute Gasteiger partial charge is 0.178 e. The Bertz CT molecular complexity index is 467. The fourth-order valence-electron chi connectivity index (χ4n) is 1.69. The summed E-state index contributed by atoms with van der Waals surface area (Å²) in [4.78, 5) is 0.372. The minimum absolute atomic E-state index is 0.176. The number of methoxy groups -OCH3 is 1. The zero-order chi connectivity index (χ0) is 13.8. The van der Waals surface area contributed by atoms with Crippen molar-refractivity contribution in [1.29, 1.82) is 0 Å². The SMILES string of the molecule is COc1ccc(S(=O)(=O)CCCC(C)(C)C)cc1. The molecule has 0 N–H and O–H groups in total. The first kappa shape index (κ1) is 15.0. The summed E-state index contributed by atoms with van der Waals surface area (Å²) >= 11 is 0. The highest BCUT2D eigenvalue weighted by Gasteiger charge is 2.17. The van der Waals surface area contributed by atoms with Crippen molar-refractivity contribution < 1.29 is 13.2 Å². The molecule has 1 aromatic carbocycles. The zero-order valence-electron chi connectivity index (χ0n) is 11.6. The number of rotatable bonds is 5. The lowest BCUT2D eigenvalue weighted by atomic mass is 9.91. The summed E-state index contributed by atoms with van der Waals surface area (Å²) in [6, 6.07) is 6.56. The number of hydrogen-bond donors (Lipinski definition) is 0. The van der Waals surface area contributed by atoms with E-state index in [-0.39, 0.29) is 11.2 Å². The molecule has 0 heterocycles. The Hall–Kier alpha value is -1.03. The summed E-state index contributed by atoms with van der Waals surface area (Å²) in [5, 5.41) is 0. The van der Waals surface area contributed by atoms with Crippen molar-refractivity contribution in [2.75, 3.05) is 12.9 Å². The largest absolute Gasteiger partial charge is 0.497 e. The summed E-state index contributed by atoms with van der Waals surface area (Å²) in [5.74, 6) is 0.875. The molecule has 0 fully saturated rings. The third kappa shape index (κ3) is 4.69. The second kappa shape index (κ2) is 5.74. The normalized spacial score (nSPS) is 12.4. The first-order chi connectivity index (χ1) is 8.24. The van der Waals surface area contributed by atoms with Crippen LogP contribution in [-0.4, -0.2) is 21.3 Å². The molecule has 0 saturated heterocycles. The molecule has 0 amide bonds. The molecule has 18 heavy (non-hydrogen) atoms. The van der Waals surface area contributed by atoms with Gasteiger partial charge in [0.1, 0.15) is 5.75 Å². The van der Waals surface area contributed by atoms with E-state index in [1.807, 2.05) is 0 Å². The lowest BCUT2D eigenvalue weighted by Gasteiger charge is -2.17. The molecule has 0 aromatic heterocycles. The topological polar surface area (TPSA) is 43.4 Å². The fraction of sp³-hybridized carbons (Fsp3) is 0.571. The van der Waals surface area contributed by atoms with Crippen LogP contribution < -0.4 is 4.74 Å². The van der Waals surface area contributed by atoms with Crippen molar-refractivity contribution in [2.45, 2.75) is 38.5 Å². The molecule has 1 aromatic rings. The Labute approximate surface area is 110 Å². The molecule has 0 radical (unpaired) electrons. The number of sulfone groups is 1. The van der Waals surface area contributed by atoms with Crippen LogP contribution in [-0.2, 0) is 9.84 Å². The van der Waals surface area contributed by atoms with Gasteiger partial charge in [-0.15, -0.1) is 0 Å². The van der Waals surface area contributed by atoms with Crippen LogP contribution in [0.3, 0.4) is 0 Å². The van der Waals surface area contributed by atoms with Crippen LogP contribution in [0.4, 0.5) is 0 Å². The van der Waals surface area contributed by atoms with Crippen molar-refractivity contribution in [3.8, 4) is 5.75 Å². The van der Waals surface area contributed by atoms with Crippen LogP contribution in [0.25, 0.3) is 0 Å². The van der Waals surface area contributed by atoms with Crippen molar-refractivity contribution in [2.24, 2.45) is 5.41 Å². The minimum atomic E-state index is -3.16. The maximum absolute atomic E-state index is 12.1. The Kier molecular flexibility index (Phi) is 4.79. The van der Waals surface area contributed by atoms with Gasteiger partial charge in [-0.1, -0.05) is 20.8 Å². The quantitative estimate of drug-likeness (QED) is 0.824. The van der Waals surface area contributed by atoms with Crippen LogP contribution in [0.2, 0.25) is 0 Å². The van der Waals surface area contributed by atoms with Crippen LogP contribution in [0.5, 0.6) is 5.75 Å². The van der Waals surface area contributed by atoms with Gasteiger partial charge in [0.15, 0.2) is 9.84 Å². The van der Waals surface area contributed by atoms with E-state index in [0.717, 1.165) is 6.42 Å². The molecule has 0 aliphatic carbocycles. The standard InChI is InChI=1S/C14H22O3S/c1-14(2,3)10-5-11-18(15,16)13-8-6-12(17-4)7-9-13/h6-9H,5,10-11H2,1-4H3. The second-order valence-corrected chi connectivity index (χ2v) is 7.77. The molecular weight excluding hydrogens is 248 g/mol. The van der Waals surface area contributed by atoms with Gasteiger partial charge in [-0.05, 0) is 42.5 Å². The highest BCUT2D eigenvalue weighted by Crippen LogP contribution is 2.23. The van der Waals surface area contributed by atoms with E-state index in [2.05, 4.69) is 20.8 Å². The summed E-state index contributed by atoms with van der Waals surface area (Å²) in [5.41, 5.74) is 0.176. The van der Waals surface area contributed by atoms with Gasteiger partial charge >= 0.3 is 0 Å². The number of ether oxygens (including phenoxy) is 1. The first-order valence-corrected chi connectivity index (χ1v) is 7.77. The highest BCUT2D eigenvalue weighted by atomic mass is 32.2. The van der Waals surface area contributed by atoms with Crippen molar-refractivity contribution in [3.63, 3.8) is 0 Å². The summed E-state index contributed by atoms with van der Waals surface area (Å²) < 4.78 is 29.2. The molecule has 0 atom stereocenters. The van der Waals surface area contributed by atoms with Crippen LogP contribution in [0.1, 0.15) is 33.6 Å². The van der Waals surface area contributed by atoms with E-state index < -0.39 is 9.84 Å². The third-order valence-corrected chi connectivity index (χ3v) is 4.57. The maximum atomic E-state index is 12.1. The molecule has 0 bridgehead atoms. The van der Waals surface area contributed by atoms with Gasteiger partial charge < -0.3 is 4.74 Å². The van der Waals surface area contributed by atoms with Crippen LogP contribution in [0, 0.1) is 5.41 Å². The molecule has 0 aliphatic heterocycles. The molecule has 3 nitrogen and oxygen atoms in total. The predicted octanol–water partition coefficient (Wildman–Crippen LogP) is 3.30. The monoisotopic (exact) mass is 270 g/mol. The van der Waals surface area contributed by atoms with E-state index in [4.69, 9.17) is 4.74 Å². The molecular formula is C14H22O3S. The van der Waals surface area contributed by atoms with Crippen molar-refractivity contribution in [1.82, 2.24) is 0 Å². The van der Waals surface area contributed by atoms with Crippen LogP contribution in [0.15, 0.2) is 29.2 Å². The molecule has 0 unspecified atom stereocenters. The van der Waals surface area contributed by atoms with Gasteiger partial charge in [-0.3, -0.25) is 0 Å². The van der Waals surface area contributed by atoms with E-state index >= 15 is 0 Å². The molecule has 1 rings (SSSR count). The second-order valence-electron chi connectivity index (χ2n) is 5.66. The average Bonchev–Trinajstić information content (AvgIpc) is 2.27. The first-order valence-electron chi connectivity index (χ1n) is 6.11. The Morgan fingerprint density at radius 2 is 1.67 bits per heavy atom. The van der Waals surface area contributed by atoms with Gasteiger partial charge in [0, 0.05) is 0 Å². The van der Waals surface area contributed by atoms with Crippen molar-refractivity contribution in [3.05, 3.63) is 24.3 Å². The van der Waals surface area contributed by atoms with E-state index in [1.54, 1.807) is 31.4 Å². The molecule has 0 spiro atoms. The Morgan fingerprint density at radius 3 is 2.11 bits per heavy atom. The molecule has 4 heteroatoms. The lowest BCUT2D eigenvalue weighted by molar-refractivity contribution is 0.373. The molecule has 0 aliphatic rings. The maximum Gasteiger partial charge on any atom is 0.178 e. The van der Waals surface area contributed by atoms with Gasteiger partial charge in [-0.25, -0.2) is 8.42 Å². The third-order valence-electron chi connectivity index (χ3n) is 2.76. The summed E-state index contributed by atoms with van der Waals surface area (Å²) in [6.45, 7) is 6.35. The van der Waals surface area contributed by atoms with E-state index in [9.17, 15) is 8.42 Å². The Morgan fingerprint density at radius 1 is 1.11 bits per heavy atom. The average molecular weight is 270 g/mol. The lowest BCUT2D eigenvalue weighted by Crippen LogP contribution is -2.11. The number of hydrogen-bond acceptors (Lipinski definition) is 3. The Balaban J connectivity index is 2.68. The zero-order valence-corrected chi connectivity index (χ0v) is 12.4. The van der Waals surface area contributed by atoms with Gasteiger partial charge in [0.25, 0.3) is 0 Å². The van der Waals surface area contributed by atoms with E-state index in [1.165, 1.54) is 0 Å². The van der Waals surface area contributed by atoms with Gasteiger partial charge in [0.05, 0.1) is 17.8 Å². The van der Waals surface area contributed by atoms with Crippen molar-refractivity contribution >= 4 is 9.84 Å². The number of benzene rings is 1.